The van der Waals surface area contributed by atoms with Crippen LogP contribution >= 0.6 is 11.6 Å². The van der Waals surface area contributed by atoms with Crippen LogP contribution in [0.2, 0.25) is 5.02 Å². The third-order valence-electron chi connectivity index (χ3n) is 2.64. The summed E-state index contributed by atoms with van der Waals surface area (Å²) in [5.74, 6) is -1.54. The van der Waals surface area contributed by atoms with Gasteiger partial charge in [0.05, 0.1) is 18.4 Å². The molecule has 6 heteroatoms. The number of nitrogens with one attached hydrogen (secondary N) is 1. The molecule has 0 amide bonds. The van der Waals surface area contributed by atoms with Crippen LogP contribution in [0, 0.1) is 5.82 Å². The number of benzene rings is 2. The Balaban J connectivity index is 2.35. The number of aromatic carboxylic acids is 1. The first kappa shape index (κ1) is 14.1. The van der Waals surface area contributed by atoms with Crippen molar-refractivity contribution in [2.45, 2.75) is 0 Å². The molecule has 2 aromatic rings. The molecule has 0 fully saturated rings. The number of carboxylic acid groups (broad SMARTS) is 1. The first-order valence-electron chi connectivity index (χ1n) is 5.64. The summed E-state index contributed by atoms with van der Waals surface area (Å²) in [6.45, 7) is 0. The van der Waals surface area contributed by atoms with E-state index in [9.17, 15) is 9.18 Å². The normalized spacial score (nSPS) is 10.2. The first-order chi connectivity index (χ1) is 9.51. The SMILES string of the molecule is COc1ccc(Nc2ccc(Cl)cc2C(=O)O)cc1F. The molecule has 104 valence electrons. The van der Waals surface area contributed by atoms with Crippen LogP contribution in [0.4, 0.5) is 15.8 Å². The molecule has 2 rings (SSSR count). The second-order valence-corrected chi connectivity index (χ2v) is 4.41. The van der Waals surface area contributed by atoms with Crippen LogP contribution in [0.15, 0.2) is 36.4 Å². The predicted octanol–water partition coefficient (Wildman–Crippen LogP) is 3.93. The average molecular weight is 296 g/mol. The smallest absolute Gasteiger partial charge is 0.337 e. The molecule has 0 aromatic heterocycles. The molecule has 0 heterocycles. The minimum atomic E-state index is -1.12. The summed E-state index contributed by atoms with van der Waals surface area (Å²) in [7, 11) is 1.37. The molecule has 4 nitrogen and oxygen atoms in total. The fourth-order valence-corrected chi connectivity index (χ4v) is 1.87. The van der Waals surface area contributed by atoms with Crippen LogP contribution in [0.25, 0.3) is 0 Å². The molecule has 0 radical (unpaired) electrons. The number of rotatable bonds is 4. The molecule has 0 aliphatic heterocycles. The summed E-state index contributed by atoms with van der Waals surface area (Å²) in [5.41, 5.74) is 0.744. The minimum Gasteiger partial charge on any atom is -0.494 e. The molecular weight excluding hydrogens is 285 g/mol. The van der Waals surface area contributed by atoms with Crippen LogP contribution < -0.4 is 10.1 Å². The predicted molar refractivity (Wildman–Crippen MR) is 74.6 cm³/mol. The van der Waals surface area contributed by atoms with Gasteiger partial charge in [-0.2, -0.15) is 0 Å². The van der Waals surface area contributed by atoms with Crippen molar-refractivity contribution in [1.29, 1.82) is 0 Å². The summed E-state index contributed by atoms with van der Waals surface area (Å²) in [5, 5.41) is 12.3. The van der Waals surface area contributed by atoms with Crippen molar-refractivity contribution in [2.24, 2.45) is 0 Å². The van der Waals surface area contributed by atoms with Gasteiger partial charge in [-0.25, -0.2) is 9.18 Å². The van der Waals surface area contributed by atoms with E-state index in [-0.39, 0.29) is 11.3 Å². The number of hydrogen-bond acceptors (Lipinski definition) is 3. The number of ether oxygens (including phenoxy) is 1. The van der Waals surface area contributed by atoms with E-state index >= 15 is 0 Å². The van der Waals surface area contributed by atoms with Crippen molar-refractivity contribution in [3.63, 3.8) is 0 Å². The van der Waals surface area contributed by atoms with Gasteiger partial charge in [0.15, 0.2) is 11.6 Å². The van der Waals surface area contributed by atoms with Crippen LogP contribution in [-0.2, 0) is 0 Å². The third kappa shape index (κ3) is 3.00. The molecule has 0 aliphatic rings. The molecular formula is C14H11ClFNO3. The van der Waals surface area contributed by atoms with Crippen molar-refractivity contribution < 1.29 is 19.0 Å². The zero-order valence-corrected chi connectivity index (χ0v) is 11.2. The van der Waals surface area contributed by atoms with Gasteiger partial charge in [-0.1, -0.05) is 11.6 Å². The fourth-order valence-electron chi connectivity index (χ4n) is 1.70. The molecule has 0 unspecified atom stereocenters. The second-order valence-electron chi connectivity index (χ2n) is 3.97. The van der Waals surface area contributed by atoms with Gasteiger partial charge in [0, 0.05) is 16.8 Å². The zero-order valence-electron chi connectivity index (χ0n) is 10.5. The fraction of sp³-hybridized carbons (Fsp3) is 0.0714. The highest BCUT2D eigenvalue weighted by atomic mass is 35.5. The standard InChI is InChI=1S/C14H11ClFNO3/c1-20-13-5-3-9(7-11(13)16)17-12-4-2-8(15)6-10(12)14(18)19/h2-7,17H,1H3,(H,18,19). The summed E-state index contributed by atoms with van der Waals surface area (Å²) in [4.78, 5) is 11.1. The highest BCUT2D eigenvalue weighted by molar-refractivity contribution is 6.31. The minimum absolute atomic E-state index is 0.00808. The molecule has 0 atom stereocenters. The quantitative estimate of drug-likeness (QED) is 0.897. The van der Waals surface area contributed by atoms with E-state index in [1.807, 2.05) is 0 Å². The maximum atomic E-state index is 13.6. The third-order valence-corrected chi connectivity index (χ3v) is 2.88. The highest BCUT2D eigenvalue weighted by Gasteiger charge is 2.12. The lowest BCUT2D eigenvalue weighted by Crippen LogP contribution is -2.03. The lowest BCUT2D eigenvalue weighted by atomic mass is 10.1. The van der Waals surface area contributed by atoms with E-state index in [0.29, 0.717) is 16.4 Å². The van der Waals surface area contributed by atoms with Crippen LogP contribution in [0.5, 0.6) is 5.75 Å². The number of carboxylic acids is 1. The lowest BCUT2D eigenvalue weighted by molar-refractivity contribution is 0.0698. The van der Waals surface area contributed by atoms with Crippen molar-refractivity contribution >= 4 is 28.9 Å². The number of methoxy groups -OCH3 is 1. The molecule has 2 N–H and O–H groups in total. The summed E-state index contributed by atoms with van der Waals surface area (Å²) >= 11 is 5.76. The van der Waals surface area contributed by atoms with Crippen molar-refractivity contribution in [3.8, 4) is 5.75 Å². The number of hydrogen-bond donors (Lipinski definition) is 2. The van der Waals surface area contributed by atoms with E-state index in [0.717, 1.165) is 0 Å². The second kappa shape index (κ2) is 5.79. The first-order valence-corrected chi connectivity index (χ1v) is 6.02. The molecule has 0 bridgehead atoms. The molecule has 0 spiro atoms. The number of halogens is 2. The number of anilines is 2. The van der Waals surface area contributed by atoms with Crippen LogP contribution in [0.3, 0.4) is 0 Å². The van der Waals surface area contributed by atoms with Crippen molar-refractivity contribution in [1.82, 2.24) is 0 Å². The van der Waals surface area contributed by atoms with E-state index in [2.05, 4.69) is 5.32 Å². The molecule has 2 aromatic carbocycles. The Morgan fingerprint density at radius 1 is 1.30 bits per heavy atom. The topological polar surface area (TPSA) is 58.6 Å². The van der Waals surface area contributed by atoms with Gasteiger partial charge in [-0.05, 0) is 30.3 Å². The van der Waals surface area contributed by atoms with Crippen molar-refractivity contribution in [2.75, 3.05) is 12.4 Å². The lowest BCUT2D eigenvalue weighted by Gasteiger charge is -2.11. The van der Waals surface area contributed by atoms with Crippen LogP contribution in [0.1, 0.15) is 10.4 Å². The van der Waals surface area contributed by atoms with Crippen molar-refractivity contribution in [3.05, 3.63) is 52.8 Å². The van der Waals surface area contributed by atoms with E-state index in [4.69, 9.17) is 21.4 Å². The Morgan fingerprint density at radius 3 is 2.65 bits per heavy atom. The maximum absolute atomic E-state index is 13.6. The summed E-state index contributed by atoms with van der Waals surface area (Å²) in [6, 6.07) is 8.66. The summed E-state index contributed by atoms with van der Waals surface area (Å²) in [6.07, 6.45) is 0. The van der Waals surface area contributed by atoms with E-state index < -0.39 is 11.8 Å². The van der Waals surface area contributed by atoms with E-state index in [1.165, 1.54) is 31.4 Å². The average Bonchev–Trinajstić information content (AvgIpc) is 2.41. The van der Waals surface area contributed by atoms with Gasteiger partial charge < -0.3 is 15.2 Å². The molecule has 20 heavy (non-hydrogen) atoms. The number of carbonyl (C=O) groups is 1. The zero-order chi connectivity index (χ0) is 14.7. The van der Waals surface area contributed by atoms with Gasteiger partial charge in [-0.15, -0.1) is 0 Å². The van der Waals surface area contributed by atoms with Crippen LogP contribution in [-0.4, -0.2) is 18.2 Å². The van der Waals surface area contributed by atoms with Gasteiger partial charge in [-0.3, -0.25) is 0 Å². The Kier molecular flexibility index (Phi) is 4.10. The van der Waals surface area contributed by atoms with Gasteiger partial charge >= 0.3 is 5.97 Å². The Labute approximate surface area is 119 Å². The molecule has 0 saturated heterocycles. The Bertz CT molecular complexity index is 661. The highest BCUT2D eigenvalue weighted by Crippen LogP contribution is 2.27. The Morgan fingerprint density at radius 2 is 2.05 bits per heavy atom. The summed E-state index contributed by atoms with van der Waals surface area (Å²) < 4.78 is 18.4. The largest absolute Gasteiger partial charge is 0.494 e. The monoisotopic (exact) mass is 295 g/mol. The molecule has 0 saturated carbocycles. The van der Waals surface area contributed by atoms with Gasteiger partial charge in [0.2, 0.25) is 0 Å². The molecule has 0 aliphatic carbocycles. The maximum Gasteiger partial charge on any atom is 0.337 e. The van der Waals surface area contributed by atoms with Gasteiger partial charge in [0.25, 0.3) is 0 Å². The van der Waals surface area contributed by atoms with Gasteiger partial charge in [0.1, 0.15) is 0 Å². The Hall–Kier alpha value is -2.27. The van der Waals surface area contributed by atoms with E-state index in [1.54, 1.807) is 12.1 Å².